The van der Waals surface area contributed by atoms with Crippen LogP contribution in [0.3, 0.4) is 0 Å². The van der Waals surface area contributed by atoms with E-state index in [2.05, 4.69) is 10.3 Å². The van der Waals surface area contributed by atoms with E-state index < -0.39 is 24.6 Å². The van der Waals surface area contributed by atoms with Crippen LogP contribution in [0, 0.1) is 0 Å². The van der Waals surface area contributed by atoms with Crippen molar-refractivity contribution in [3.05, 3.63) is 16.1 Å². The zero-order chi connectivity index (χ0) is 14.6. The highest BCUT2D eigenvalue weighted by molar-refractivity contribution is 7.10. The van der Waals surface area contributed by atoms with Crippen molar-refractivity contribution in [2.45, 2.75) is 38.6 Å². The molecule has 1 aromatic rings. The van der Waals surface area contributed by atoms with Gasteiger partial charge in [-0.2, -0.15) is 0 Å². The normalized spacial score (nSPS) is 13.1. The quantitative estimate of drug-likeness (QED) is 0.868. The summed E-state index contributed by atoms with van der Waals surface area (Å²) in [7, 11) is 0. The van der Waals surface area contributed by atoms with Crippen LogP contribution in [0.4, 0.5) is 4.39 Å². The van der Waals surface area contributed by atoms with E-state index in [0.29, 0.717) is 0 Å². The van der Waals surface area contributed by atoms with Crippen LogP contribution in [-0.2, 0) is 10.2 Å². The maximum absolute atomic E-state index is 12.2. The zero-order valence-electron chi connectivity index (χ0n) is 11.1. The fourth-order valence-corrected chi connectivity index (χ4v) is 2.21. The second kappa shape index (κ2) is 6.10. The molecule has 0 unspecified atom stereocenters. The van der Waals surface area contributed by atoms with Crippen LogP contribution < -0.4 is 5.32 Å². The van der Waals surface area contributed by atoms with Crippen molar-refractivity contribution in [2.75, 3.05) is 6.67 Å². The van der Waals surface area contributed by atoms with E-state index in [1.807, 2.05) is 20.8 Å². The third-order valence-electron chi connectivity index (χ3n) is 2.38. The number of aromatic nitrogens is 1. The second-order valence-corrected chi connectivity index (χ2v) is 5.99. The SMILES string of the molecule is CC(C)(C)c1nc(C(=O)N[C@H](CCF)C(=O)O)cs1. The molecule has 7 heteroatoms. The van der Waals surface area contributed by atoms with Crippen molar-refractivity contribution in [1.29, 1.82) is 0 Å². The average molecular weight is 288 g/mol. The monoisotopic (exact) mass is 288 g/mol. The van der Waals surface area contributed by atoms with Gasteiger partial charge in [-0.25, -0.2) is 9.78 Å². The Hall–Kier alpha value is -1.50. The van der Waals surface area contributed by atoms with E-state index in [1.54, 1.807) is 5.38 Å². The molecule has 19 heavy (non-hydrogen) atoms. The summed E-state index contributed by atoms with van der Waals surface area (Å²) in [5.74, 6) is -1.84. The minimum absolute atomic E-state index is 0.167. The Bertz CT molecular complexity index is 468. The van der Waals surface area contributed by atoms with Gasteiger partial charge in [-0.15, -0.1) is 11.3 Å². The maximum Gasteiger partial charge on any atom is 0.326 e. The number of carbonyl (C=O) groups excluding carboxylic acids is 1. The van der Waals surface area contributed by atoms with Gasteiger partial charge in [-0.1, -0.05) is 20.8 Å². The first-order valence-electron chi connectivity index (χ1n) is 5.81. The molecule has 0 spiro atoms. The zero-order valence-corrected chi connectivity index (χ0v) is 11.9. The van der Waals surface area contributed by atoms with E-state index >= 15 is 0 Å². The molecule has 1 heterocycles. The molecule has 106 valence electrons. The van der Waals surface area contributed by atoms with Gasteiger partial charge in [0.15, 0.2) is 0 Å². The lowest BCUT2D eigenvalue weighted by Crippen LogP contribution is -2.41. The number of amides is 1. The summed E-state index contributed by atoms with van der Waals surface area (Å²) in [6.07, 6.45) is -0.253. The molecule has 0 aliphatic carbocycles. The number of hydrogen-bond acceptors (Lipinski definition) is 4. The molecule has 0 bridgehead atoms. The molecule has 0 aliphatic rings. The van der Waals surface area contributed by atoms with Gasteiger partial charge in [0.25, 0.3) is 5.91 Å². The summed E-state index contributed by atoms with van der Waals surface area (Å²) in [5, 5.41) is 13.5. The van der Waals surface area contributed by atoms with Crippen LogP contribution in [0.25, 0.3) is 0 Å². The predicted molar refractivity (Wildman–Crippen MR) is 70.3 cm³/mol. The molecule has 2 N–H and O–H groups in total. The third-order valence-corrected chi connectivity index (χ3v) is 3.65. The summed E-state index contributed by atoms with van der Waals surface area (Å²) in [4.78, 5) is 26.8. The third kappa shape index (κ3) is 4.27. The Morgan fingerprint density at radius 2 is 2.16 bits per heavy atom. The first-order chi connectivity index (χ1) is 8.75. The Balaban J connectivity index is 2.78. The fraction of sp³-hybridized carbons (Fsp3) is 0.583. The van der Waals surface area contributed by atoms with Crippen molar-refractivity contribution in [2.24, 2.45) is 0 Å². The molecule has 1 aromatic heterocycles. The van der Waals surface area contributed by atoms with Gasteiger partial charge in [0, 0.05) is 17.2 Å². The summed E-state index contributed by atoms with van der Waals surface area (Å²) in [6.45, 7) is 5.10. The topological polar surface area (TPSA) is 79.3 Å². The molecular weight excluding hydrogens is 271 g/mol. The van der Waals surface area contributed by atoms with E-state index in [4.69, 9.17) is 5.11 Å². The van der Waals surface area contributed by atoms with Crippen molar-refractivity contribution in [3.63, 3.8) is 0 Å². The molecule has 1 rings (SSSR count). The number of nitrogens with zero attached hydrogens (tertiary/aromatic N) is 1. The number of rotatable bonds is 5. The molecule has 5 nitrogen and oxygen atoms in total. The summed E-state index contributed by atoms with van der Waals surface area (Å²) < 4.78 is 12.2. The smallest absolute Gasteiger partial charge is 0.326 e. The number of hydrogen-bond donors (Lipinski definition) is 2. The first kappa shape index (κ1) is 15.6. The van der Waals surface area contributed by atoms with E-state index in [-0.39, 0.29) is 17.5 Å². The van der Waals surface area contributed by atoms with E-state index in [1.165, 1.54) is 11.3 Å². The average Bonchev–Trinajstić information content (AvgIpc) is 2.76. The van der Waals surface area contributed by atoms with Crippen LogP contribution in [-0.4, -0.2) is 34.7 Å². The fourth-order valence-electron chi connectivity index (χ4n) is 1.32. The highest BCUT2D eigenvalue weighted by atomic mass is 32.1. The number of nitrogens with one attached hydrogen (secondary N) is 1. The number of aliphatic carboxylic acids is 1. The molecule has 0 saturated carbocycles. The number of thiazole rings is 1. The predicted octanol–water partition coefficient (Wildman–Crippen LogP) is 1.98. The van der Waals surface area contributed by atoms with Gasteiger partial charge < -0.3 is 10.4 Å². The van der Waals surface area contributed by atoms with Gasteiger partial charge >= 0.3 is 5.97 Å². The van der Waals surface area contributed by atoms with E-state index in [9.17, 15) is 14.0 Å². The van der Waals surface area contributed by atoms with E-state index in [0.717, 1.165) is 5.01 Å². The second-order valence-electron chi connectivity index (χ2n) is 5.13. The summed E-state index contributed by atoms with van der Waals surface area (Å²) in [5.41, 5.74) is -0.00559. The molecular formula is C12H17FN2O3S. The lowest BCUT2D eigenvalue weighted by atomic mass is 9.98. The number of carbonyl (C=O) groups is 2. The molecule has 1 amide bonds. The molecule has 0 aliphatic heterocycles. The van der Waals surface area contributed by atoms with Gasteiger partial charge in [0.2, 0.25) is 0 Å². The highest BCUT2D eigenvalue weighted by Gasteiger charge is 2.24. The Kier molecular flexibility index (Phi) is 4.99. The minimum Gasteiger partial charge on any atom is -0.480 e. The number of halogens is 1. The van der Waals surface area contributed by atoms with Crippen molar-refractivity contribution < 1.29 is 19.1 Å². The summed E-state index contributed by atoms with van der Waals surface area (Å²) in [6, 6.07) is -1.22. The van der Waals surface area contributed by atoms with Crippen LogP contribution in [0.15, 0.2) is 5.38 Å². The van der Waals surface area contributed by atoms with Crippen molar-refractivity contribution >= 4 is 23.2 Å². The lowest BCUT2D eigenvalue weighted by molar-refractivity contribution is -0.139. The van der Waals surface area contributed by atoms with Gasteiger partial charge in [-0.3, -0.25) is 9.18 Å². The van der Waals surface area contributed by atoms with Crippen LogP contribution in [0.1, 0.15) is 42.7 Å². The van der Waals surface area contributed by atoms with Crippen LogP contribution in [0.5, 0.6) is 0 Å². The van der Waals surface area contributed by atoms with Crippen molar-refractivity contribution in [3.8, 4) is 0 Å². The van der Waals surface area contributed by atoms with Crippen LogP contribution in [0.2, 0.25) is 0 Å². The lowest BCUT2D eigenvalue weighted by Gasteiger charge is -2.14. The standard InChI is InChI=1S/C12H17FN2O3S/c1-12(2,3)11-15-8(6-19-11)9(16)14-7(4-5-13)10(17)18/h6-7H,4-5H2,1-3H3,(H,14,16)(H,17,18)/t7-/m1/s1. The Morgan fingerprint density at radius 1 is 1.53 bits per heavy atom. The Morgan fingerprint density at radius 3 is 2.58 bits per heavy atom. The molecule has 0 radical (unpaired) electrons. The van der Waals surface area contributed by atoms with Crippen molar-refractivity contribution in [1.82, 2.24) is 10.3 Å². The maximum atomic E-state index is 12.2. The minimum atomic E-state index is -1.25. The Labute approximate surface area is 114 Å². The molecule has 1 atom stereocenters. The van der Waals surface area contributed by atoms with Gasteiger partial charge in [0.05, 0.1) is 11.7 Å². The molecule has 0 aromatic carbocycles. The van der Waals surface area contributed by atoms with Gasteiger partial charge in [0.1, 0.15) is 11.7 Å². The van der Waals surface area contributed by atoms with Crippen LogP contribution >= 0.6 is 11.3 Å². The molecule has 0 saturated heterocycles. The summed E-state index contributed by atoms with van der Waals surface area (Å²) >= 11 is 1.34. The van der Waals surface area contributed by atoms with Gasteiger partial charge in [-0.05, 0) is 0 Å². The highest BCUT2D eigenvalue weighted by Crippen LogP contribution is 2.25. The molecule has 0 fully saturated rings. The number of carboxylic acid groups (broad SMARTS) is 1. The number of carboxylic acids is 1. The first-order valence-corrected chi connectivity index (χ1v) is 6.69. The largest absolute Gasteiger partial charge is 0.480 e. The number of alkyl halides is 1.